The Morgan fingerprint density at radius 2 is 2.25 bits per heavy atom. The molecule has 2 rings (SSSR count). The second-order valence-corrected chi connectivity index (χ2v) is 5.90. The number of nitrogens with zero attached hydrogens (tertiary/aromatic N) is 3. The molecule has 0 radical (unpaired) electrons. The smallest absolute Gasteiger partial charge is 0.200 e. The van der Waals surface area contributed by atoms with Gasteiger partial charge in [-0.25, -0.2) is 0 Å². The number of furan rings is 1. The quantitative estimate of drug-likeness (QED) is 0.552. The summed E-state index contributed by atoms with van der Waals surface area (Å²) in [6.45, 7) is 8.71. The van der Waals surface area contributed by atoms with E-state index in [0.717, 1.165) is 42.3 Å². The van der Waals surface area contributed by atoms with E-state index in [9.17, 15) is 0 Å². The number of hydrogen-bond acceptors (Lipinski definition) is 5. The minimum atomic E-state index is 0.519. The third kappa shape index (κ3) is 3.86. The lowest BCUT2D eigenvalue weighted by Gasteiger charge is -2.11. The Kier molecular flexibility index (Phi) is 5.67. The van der Waals surface area contributed by atoms with Crippen LogP contribution in [0.25, 0.3) is 11.6 Å². The molecule has 0 atom stereocenters. The summed E-state index contributed by atoms with van der Waals surface area (Å²) >= 11 is 1.67. The Labute approximate surface area is 123 Å². The van der Waals surface area contributed by atoms with Crippen molar-refractivity contribution in [3.05, 3.63) is 18.4 Å². The van der Waals surface area contributed by atoms with Gasteiger partial charge in [-0.3, -0.25) is 4.57 Å². The molecule has 0 aliphatic carbocycles. The molecule has 6 heteroatoms. The van der Waals surface area contributed by atoms with Crippen LogP contribution in [0.3, 0.4) is 0 Å². The number of ether oxygens (including phenoxy) is 1. The van der Waals surface area contributed by atoms with Crippen molar-refractivity contribution >= 4 is 11.8 Å². The van der Waals surface area contributed by atoms with Crippen LogP contribution in [0.5, 0.6) is 0 Å². The number of thioether (sulfide) groups is 1. The average Bonchev–Trinajstić information content (AvgIpc) is 3.04. The lowest BCUT2D eigenvalue weighted by Crippen LogP contribution is -2.08. The summed E-state index contributed by atoms with van der Waals surface area (Å²) in [4.78, 5) is 0. The van der Waals surface area contributed by atoms with Crippen LogP contribution in [0.2, 0.25) is 0 Å². The van der Waals surface area contributed by atoms with Crippen molar-refractivity contribution in [2.75, 3.05) is 19.0 Å². The van der Waals surface area contributed by atoms with Gasteiger partial charge in [0.2, 0.25) is 0 Å². The Bertz CT molecular complexity index is 508. The first kappa shape index (κ1) is 15.1. The minimum Gasteiger partial charge on any atom is -0.461 e. The first-order valence-electron chi connectivity index (χ1n) is 6.90. The van der Waals surface area contributed by atoms with Crippen LogP contribution in [0, 0.1) is 5.92 Å². The van der Waals surface area contributed by atoms with Gasteiger partial charge in [0, 0.05) is 18.9 Å². The molecule has 110 valence electrons. The van der Waals surface area contributed by atoms with Gasteiger partial charge >= 0.3 is 0 Å². The average molecular weight is 295 g/mol. The topological polar surface area (TPSA) is 53.1 Å². The zero-order valence-corrected chi connectivity index (χ0v) is 13.0. The van der Waals surface area contributed by atoms with Crippen molar-refractivity contribution in [3.63, 3.8) is 0 Å². The maximum atomic E-state index is 5.44. The predicted molar refractivity (Wildman–Crippen MR) is 79.8 cm³/mol. The third-order valence-electron chi connectivity index (χ3n) is 2.67. The summed E-state index contributed by atoms with van der Waals surface area (Å²) in [6, 6.07) is 3.78. The monoisotopic (exact) mass is 295 g/mol. The second-order valence-electron chi connectivity index (χ2n) is 4.83. The molecule has 2 heterocycles. The Hall–Kier alpha value is -1.27. The zero-order valence-electron chi connectivity index (χ0n) is 12.2. The van der Waals surface area contributed by atoms with E-state index in [-0.39, 0.29) is 0 Å². The van der Waals surface area contributed by atoms with Crippen molar-refractivity contribution in [3.8, 4) is 11.6 Å². The van der Waals surface area contributed by atoms with Crippen molar-refractivity contribution in [2.45, 2.75) is 32.5 Å². The van der Waals surface area contributed by atoms with Crippen molar-refractivity contribution < 1.29 is 9.15 Å². The van der Waals surface area contributed by atoms with E-state index >= 15 is 0 Å². The zero-order chi connectivity index (χ0) is 14.4. The summed E-state index contributed by atoms with van der Waals surface area (Å²) in [6.07, 6.45) is 1.66. The first-order chi connectivity index (χ1) is 9.72. The van der Waals surface area contributed by atoms with E-state index in [2.05, 4.69) is 28.6 Å². The summed E-state index contributed by atoms with van der Waals surface area (Å²) in [7, 11) is 0. The van der Waals surface area contributed by atoms with Crippen LogP contribution in [0.1, 0.15) is 20.8 Å². The first-order valence-corrected chi connectivity index (χ1v) is 7.88. The summed E-state index contributed by atoms with van der Waals surface area (Å²) in [5.74, 6) is 2.95. The summed E-state index contributed by atoms with van der Waals surface area (Å²) < 4.78 is 12.9. The van der Waals surface area contributed by atoms with E-state index in [0.29, 0.717) is 5.92 Å². The molecule has 0 saturated heterocycles. The molecule has 5 nitrogen and oxygen atoms in total. The molecule has 2 aromatic heterocycles. The predicted octanol–water partition coefficient (Wildman–Crippen LogP) is 3.32. The number of aromatic nitrogens is 3. The van der Waals surface area contributed by atoms with Crippen LogP contribution in [0.4, 0.5) is 0 Å². The molecule has 0 aromatic carbocycles. The SMILES string of the molecule is CCOCCSc1nnc(-c2ccco2)n1CC(C)C. The molecule has 0 aliphatic rings. The normalized spacial score (nSPS) is 11.4. The van der Waals surface area contributed by atoms with Gasteiger partial charge in [0.05, 0.1) is 12.9 Å². The molecule has 20 heavy (non-hydrogen) atoms. The molecule has 2 aromatic rings. The fourth-order valence-corrected chi connectivity index (χ4v) is 2.65. The molecule has 0 saturated carbocycles. The Morgan fingerprint density at radius 3 is 2.90 bits per heavy atom. The molecule has 0 bridgehead atoms. The highest BCUT2D eigenvalue weighted by molar-refractivity contribution is 7.99. The van der Waals surface area contributed by atoms with Gasteiger partial charge in [0.1, 0.15) is 0 Å². The molecular formula is C14H21N3O2S. The fourth-order valence-electron chi connectivity index (χ4n) is 1.85. The minimum absolute atomic E-state index is 0.519. The number of hydrogen-bond donors (Lipinski definition) is 0. The van der Waals surface area contributed by atoms with E-state index in [4.69, 9.17) is 9.15 Å². The van der Waals surface area contributed by atoms with Crippen LogP contribution >= 0.6 is 11.8 Å². The van der Waals surface area contributed by atoms with Crippen LogP contribution in [-0.2, 0) is 11.3 Å². The van der Waals surface area contributed by atoms with Gasteiger partial charge in [-0.2, -0.15) is 0 Å². The van der Waals surface area contributed by atoms with E-state index in [1.54, 1.807) is 18.0 Å². The lowest BCUT2D eigenvalue weighted by molar-refractivity contribution is 0.164. The highest BCUT2D eigenvalue weighted by Crippen LogP contribution is 2.25. The van der Waals surface area contributed by atoms with Gasteiger partial charge in [-0.1, -0.05) is 25.6 Å². The van der Waals surface area contributed by atoms with E-state index in [1.807, 2.05) is 19.1 Å². The molecule has 0 spiro atoms. The van der Waals surface area contributed by atoms with Crippen LogP contribution in [0.15, 0.2) is 28.0 Å². The van der Waals surface area contributed by atoms with Gasteiger partial charge in [-0.05, 0) is 25.0 Å². The summed E-state index contributed by atoms with van der Waals surface area (Å²) in [5.41, 5.74) is 0. The molecule has 0 N–H and O–H groups in total. The van der Waals surface area contributed by atoms with Gasteiger partial charge in [0.15, 0.2) is 16.7 Å². The van der Waals surface area contributed by atoms with Crippen molar-refractivity contribution in [2.24, 2.45) is 5.92 Å². The standard InChI is InChI=1S/C14H21N3O2S/c1-4-18-8-9-20-14-16-15-13(12-6-5-7-19-12)17(14)10-11(2)3/h5-7,11H,4,8-10H2,1-3H3. The molecular weight excluding hydrogens is 274 g/mol. The van der Waals surface area contributed by atoms with Gasteiger partial charge < -0.3 is 9.15 Å². The lowest BCUT2D eigenvalue weighted by atomic mass is 10.2. The highest BCUT2D eigenvalue weighted by atomic mass is 32.2. The molecule has 0 fully saturated rings. The Balaban J connectivity index is 2.14. The maximum Gasteiger partial charge on any atom is 0.200 e. The van der Waals surface area contributed by atoms with Crippen LogP contribution in [-0.4, -0.2) is 33.7 Å². The van der Waals surface area contributed by atoms with Gasteiger partial charge in [0.25, 0.3) is 0 Å². The third-order valence-corrected chi connectivity index (χ3v) is 3.60. The largest absolute Gasteiger partial charge is 0.461 e. The number of rotatable bonds is 8. The van der Waals surface area contributed by atoms with Crippen molar-refractivity contribution in [1.29, 1.82) is 0 Å². The molecule has 0 amide bonds. The maximum absolute atomic E-state index is 5.44. The van der Waals surface area contributed by atoms with E-state index < -0.39 is 0 Å². The van der Waals surface area contributed by atoms with Crippen molar-refractivity contribution in [1.82, 2.24) is 14.8 Å². The second kappa shape index (κ2) is 7.50. The molecule has 0 unspecified atom stereocenters. The fraction of sp³-hybridized carbons (Fsp3) is 0.571. The van der Waals surface area contributed by atoms with Gasteiger partial charge in [-0.15, -0.1) is 10.2 Å². The Morgan fingerprint density at radius 1 is 1.40 bits per heavy atom. The highest BCUT2D eigenvalue weighted by Gasteiger charge is 2.16. The van der Waals surface area contributed by atoms with Crippen LogP contribution < -0.4 is 0 Å². The molecule has 0 aliphatic heterocycles. The van der Waals surface area contributed by atoms with E-state index in [1.165, 1.54) is 0 Å². The summed E-state index contributed by atoms with van der Waals surface area (Å²) in [5, 5.41) is 9.47.